The van der Waals surface area contributed by atoms with E-state index in [1.54, 1.807) is 0 Å². The van der Waals surface area contributed by atoms with Crippen LogP contribution in [0.15, 0.2) is 24.3 Å². The molecule has 0 bridgehead atoms. The molecule has 2 aliphatic rings. The van der Waals surface area contributed by atoms with Gasteiger partial charge >= 0.3 is 0 Å². The van der Waals surface area contributed by atoms with E-state index < -0.39 is 5.60 Å². The van der Waals surface area contributed by atoms with Crippen LogP contribution in [0, 0.1) is 0 Å². The van der Waals surface area contributed by atoms with Crippen molar-refractivity contribution in [1.82, 2.24) is 10.2 Å². The highest BCUT2D eigenvalue weighted by molar-refractivity contribution is 5.42. The summed E-state index contributed by atoms with van der Waals surface area (Å²) in [5.74, 6) is 0. The van der Waals surface area contributed by atoms with Crippen LogP contribution >= 0.6 is 0 Å². The number of hydrogen-bond donors (Lipinski definition) is 3. The van der Waals surface area contributed by atoms with Crippen molar-refractivity contribution in [2.75, 3.05) is 31.9 Å². The summed E-state index contributed by atoms with van der Waals surface area (Å²) in [6, 6.07) is 8.27. The van der Waals surface area contributed by atoms with Crippen molar-refractivity contribution in [1.29, 1.82) is 0 Å². The lowest BCUT2D eigenvalue weighted by Gasteiger charge is -2.37. The fourth-order valence-corrected chi connectivity index (χ4v) is 3.85. The SMILES string of the molecule is Nc1cccc([C@]2(O)CC[C@@H](NCCN3CCCC3)CC2)c1. The third-order valence-corrected chi connectivity index (χ3v) is 5.30. The fraction of sp³-hybridized carbons (Fsp3) is 0.667. The number of rotatable bonds is 5. The van der Waals surface area contributed by atoms with Crippen LogP contribution in [-0.4, -0.2) is 42.2 Å². The third-order valence-electron chi connectivity index (χ3n) is 5.30. The van der Waals surface area contributed by atoms with Gasteiger partial charge in [0.1, 0.15) is 0 Å². The molecule has 1 saturated heterocycles. The number of nitrogens with two attached hydrogens (primary N) is 1. The Kier molecular flexibility index (Phi) is 5.01. The lowest BCUT2D eigenvalue weighted by atomic mass is 9.77. The second kappa shape index (κ2) is 6.99. The molecule has 4 nitrogen and oxygen atoms in total. The van der Waals surface area contributed by atoms with Crippen molar-refractivity contribution in [3.63, 3.8) is 0 Å². The summed E-state index contributed by atoms with van der Waals surface area (Å²) < 4.78 is 0. The van der Waals surface area contributed by atoms with Crippen LogP contribution in [0.5, 0.6) is 0 Å². The second-order valence-electron chi connectivity index (χ2n) is 6.93. The molecule has 2 fully saturated rings. The summed E-state index contributed by atoms with van der Waals surface area (Å²) >= 11 is 0. The molecule has 0 atom stereocenters. The van der Waals surface area contributed by atoms with Crippen LogP contribution in [0.3, 0.4) is 0 Å². The second-order valence-corrected chi connectivity index (χ2v) is 6.93. The summed E-state index contributed by atoms with van der Waals surface area (Å²) in [5, 5.41) is 14.6. The maximum atomic E-state index is 10.9. The molecular weight excluding hydrogens is 274 g/mol. The Morgan fingerprint density at radius 2 is 1.95 bits per heavy atom. The van der Waals surface area contributed by atoms with Gasteiger partial charge in [-0.05, 0) is 69.3 Å². The van der Waals surface area contributed by atoms with Crippen molar-refractivity contribution in [3.8, 4) is 0 Å². The minimum absolute atomic E-state index is 0.545. The maximum Gasteiger partial charge on any atom is 0.0898 e. The zero-order valence-corrected chi connectivity index (χ0v) is 13.4. The van der Waals surface area contributed by atoms with E-state index >= 15 is 0 Å². The third kappa shape index (κ3) is 3.80. The smallest absolute Gasteiger partial charge is 0.0898 e. The molecule has 0 aromatic heterocycles. The monoisotopic (exact) mass is 303 g/mol. The van der Waals surface area contributed by atoms with Gasteiger partial charge < -0.3 is 21.1 Å². The minimum atomic E-state index is -0.692. The normalized spacial score (nSPS) is 29.8. The molecule has 22 heavy (non-hydrogen) atoms. The number of hydrogen-bond acceptors (Lipinski definition) is 4. The Labute approximate surface area is 133 Å². The van der Waals surface area contributed by atoms with Crippen LogP contribution in [0.25, 0.3) is 0 Å². The Balaban J connectivity index is 1.45. The molecule has 0 spiro atoms. The zero-order valence-electron chi connectivity index (χ0n) is 13.4. The lowest BCUT2D eigenvalue weighted by molar-refractivity contribution is -0.00836. The average Bonchev–Trinajstić information content (AvgIpc) is 3.03. The van der Waals surface area contributed by atoms with Crippen molar-refractivity contribution in [3.05, 3.63) is 29.8 Å². The summed E-state index contributed by atoms with van der Waals surface area (Å²) in [6.07, 6.45) is 6.42. The van der Waals surface area contributed by atoms with Gasteiger partial charge in [0, 0.05) is 24.8 Å². The maximum absolute atomic E-state index is 10.9. The number of likely N-dealkylation sites (tertiary alicyclic amines) is 1. The summed E-state index contributed by atoms with van der Waals surface area (Å²) in [6.45, 7) is 4.76. The van der Waals surface area contributed by atoms with E-state index in [-0.39, 0.29) is 0 Å². The number of nitrogens with one attached hydrogen (secondary N) is 1. The zero-order chi connectivity index (χ0) is 15.4. The molecule has 1 aromatic carbocycles. The Morgan fingerprint density at radius 3 is 2.64 bits per heavy atom. The highest BCUT2D eigenvalue weighted by Crippen LogP contribution is 2.37. The predicted octanol–water partition coefficient (Wildman–Crippen LogP) is 2.08. The highest BCUT2D eigenvalue weighted by Gasteiger charge is 2.34. The molecule has 0 amide bonds. The van der Waals surface area contributed by atoms with Gasteiger partial charge in [0.2, 0.25) is 0 Å². The standard InChI is InChI=1S/C18H29N3O/c19-16-5-3-4-15(14-16)18(22)8-6-17(7-9-18)20-10-13-21-11-1-2-12-21/h3-5,14,17,20,22H,1-2,6-13,19H2/t17-,18+. The van der Waals surface area contributed by atoms with Gasteiger partial charge in [-0.1, -0.05) is 12.1 Å². The first kappa shape index (κ1) is 15.8. The lowest BCUT2D eigenvalue weighted by Crippen LogP contribution is -2.42. The van der Waals surface area contributed by atoms with Crippen molar-refractivity contribution < 1.29 is 5.11 Å². The summed E-state index contributed by atoms with van der Waals surface area (Å²) in [5.41, 5.74) is 6.87. The van der Waals surface area contributed by atoms with Gasteiger partial charge in [0.05, 0.1) is 5.60 Å². The van der Waals surface area contributed by atoms with E-state index in [2.05, 4.69) is 10.2 Å². The molecule has 1 aliphatic carbocycles. The Hall–Kier alpha value is -1.10. The molecule has 1 heterocycles. The number of anilines is 1. The number of benzene rings is 1. The summed E-state index contributed by atoms with van der Waals surface area (Å²) in [7, 11) is 0. The molecule has 1 saturated carbocycles. The fourth-order valence-electron chi connectivity index (χ4n) is 3.85. The molecule has 4 heteroatoms. The Morgan fingerprint density at radius 1 is 1.23 bits per heavy atom. The van der Waals surface area contributed by atoms with Gasteiger partial charge in [-0.25, -0.2) is 0 Å². The first-order valence-electron chi connectivity index (χ1n) is 8.70. The van der Waals surface area contributed by atoms with E-state index in [0.29, 0.717) is 6.04 Å². The van der Waals surface area contributed by atoms with Crippen LogP contribution in [0.1, 0.15) is 44.1 Å². The van der Waals surface area contributed by atoms with E-state index in [4.69, 9.17) is 5.73 Å². The average molecular weight is 303 g/mol. The van der Waals surface area contributed by atoms with E-state index in [0.717, 1.165) is 50.0 Å². The molecule has 0 radical (unpaired) electrons. The molecule has 3 rings (SSSR count). The topological polar surface area (TPSA) is 61.5 Å². The predicted molar refractivity (Wildman–Crippen MR) is 90.7 cm³/mol. The number of nitrogen functional groups attached to an aromatic ring is 1. The molecule has 1 aliphatic heterocycles. The first-order valence-corrected chi connectivity index (χ1v) is 8.70. The minimum Gasteiger partial charge on any atom is -0.399 e. The largest absolute Gasteiger partial charge is 0.399 e. The molecular formula is C18H29N3O. The molecule has 122 valence electrons. The van der Waals surface area contributed by atoms with E-state index in [1.807, 2.05) is 24.3 Å². The van der Waals surface area contributed by atoms with E-state index in [1.165, 1.54) is 25.9 Å². The summed E-state index contributed by atoms with van der Waals surface area (Å²) in [4.78, 5) is 2.54. The number of aliphatic hydroxyl groups is 1. The van der Waals surface area contributed by atoms with Crippen LogP contribution < -0.4 is 11.1 Å². The van der Waals surface area contributed by atoms with Gasteiger partial charge in [-0.15, -0.1) is 0 Å². The van der Waals surface area contributed by atoms with Gasteiger partial charge in [-0.3, -0.25) is 0 Å². The van der Waals surface area contributed by atoms with Gasteiger partial charge in [0.15, 0.2) is 0 Å². The quantitative estimate of drug-likeness (QED) is 0.729. The molecule has 0 unspecified atom stereocenters. The van der Waals surface area contributed by atoms with Crippen molar-refractivity contribution in [2.45, 2.75) is 50.2 Å². The number of nitrogens with zero attached hydrogens (tertiary/aromatic N) is 1. The van der Waals surface area contributed by atoms with Crippen LogP contribution in [0.2, 0.25) is 0 Å². The highest BCUT2D eigenvalue weighted by atomic mass is 16.3. The molecule has 1 aromatic rings. The van der Waals surface area contributed by atoms with Crippen LogP contribution in [0.4, 0.5) is 5.69 Å². The van der Waals surface area contributed by atoms with Gasteiger partial charge in [0.25, 0.3) is 0 Å². The van der Waals surface area contributed by atoms with E-state index in [9.17, 15) is 5.11 Å². The van der Waals surface area contributed by atoms with Gasteiger partial charge in [-0.2, -0.15) is 0 Å². The van der Waals surface area contributed by atoms with Crippen molar-refractivity contribution >= 4 is 5.69 Å². The van der Waals surface area contributed by atoms with Crippen molar-refractivity contribution in [2.24, 2.45) is 0 Å². The Bertz CT molecular complexity index is 477. The molecule has 4 N–H and O–H groups in total. The van der Waals surface area contributed by atoms with Crippen LogP contribution in [-0.2, 0) is 5.60 Å². The first-order chi connectivity index (χ1) is 10.7.